The largest absolute Gasteiger partial charge is 0.508 e. The molecule has 0 radical (unpaired) electrons. The van der Waals surface area contributed by atoms with Gasteiger partial charge < -0.3 is 182 Å². The van der Waals surface area contributed by atoms with E-state index in [1.54, 1.807) is 0 Å². The molecule has 28 N–H and O–H groups in total. The summed E-state index contributed by atoms with van der Waals surface area (Å²) in [6, 6.07) is -0.165. The number of hydrogen-bond donors (Lipinski definition) is 27. The highest BCUT2D eigenvalue weighted by Crippen LogP contribution is 2.62. The number of rotatable bonds is 26. The van der Waals surface area contributed by atoms with Crippen LogP contribution in [0.4, 0.5) is 0 Å². The molecule has 0 unspecified atom stereocenters. The number of phenolic OH excluding ortho intramolecular Hbond substituents is 4. The van der Waals surface area contributed by atoms with E-state index in [-0.39, 0.29) is 45.8 Å². The summed E-state index contributed by atoms with van der Waals surface area (Å²) in [5, 5.41) is 177. The molecule has 17 bridgehead atoms. The Morgan fingerprint density at radius 1 is 0.503 bits per heavy atom. The van der Waals surface area contributed by atoms with Crippen LogP contribution in [-0.4, -0.2) is 278 Å². The smallest absolute Gasteiger partial charge is 0.340 e. The molecular formula is C93H109Cl2N9O38P2S. The first-order valence-corrected chi connectivity index (χ1v) is 50.9. The van der Waals surface area contributed by atoms with Gasteiger partial charge in [0, 0.05) is 48.8 Å². The molecule has 7 aromatic rings. The number of nitrogens with one attached hydrogen (secondary N) is 8. The highest BCUT2D eigenvalue weighted by molar-refractivity contribution is 8.13. The van der Waals surface area contributed by atoms with Gasteiger partial charge >= 0.3 is 15.2 Å². The van der Waals surface area contributed by atoms with Gasteiger partial charge in [0.1, 0.15) is 162 Å². The van der Waals surface area contributed by atoms with E-state index >= 15 is 28.8 Å². The van der Waals surface area contributed by atoms with Crippen molar-refractivity contribution in [2.45, 2.75) is 231 Å². The van der Waals surface area contributed by atoms with Crippen LogP contribution in [0.25, 0.3) is 11.1 Å². The average molecular weight is 2130 g/mol. The molecule has 9 aliphatic rings. The molecule has 0 spiro atoms. The Morgan fingerprint density at radius 3 is 1.67 bits per heavy atom. The zero-order valence-electron chi connectivity index (χ0n) is 77.2. The Bertz CT molecular complexity index is 6110. The first-order valence-electron chi connectivity index (χ1n) is 45.8. The van der Waals surface area contributed by atoms with E-state index in [0.29, 0.717) is 18.8 Å². The highest BCUT2D eigenvalue weighted by Gasteiger charge is 2.53. The quantitative estimate of drug-likeness (QED) is 0.0272. The van der Waals surface area contributed by atoms with Crippen molar-refractivity contribution in [3.63, 3.8) is 0 Å². The van der Waals surface area contributed by atoms with Crippen molar-refractivity contribution < 1.29 is 186 Å². The van der Waals surface area contributed by atoms with Gasteiger partial charge in [-0.25, -0.2) is 0 Å². The second-order valence-corrected chi connectivity index (χ2v) is 42.1. The molecule has 16 rings (SSSR count). The van der Waals surface area contributed by atoms with E-state index < -0.39 is 360 Å². The molecule has 8 amide bonds. The molecule has 145 heavy (non-hydrogen) atoms. The second kappa shape index (κ2) is 46.5. The number of hydrogen-bond acceptors (Lipinski definition) is 36. The van der Waals surface area contributed by atoms with Gasteiger partial charge in [-0.2, -0.15) is 0 Å². The molecule has 3 saturated heterocycles. The lowest BCUT2D eigenvalue weighted by Crippen LogP contribution is -2.65. The number of phenols is 4. The van der Waals surface area contributed by atoms with Gasteiger partial charge in [-0.15, -0.1) is 0 Å². The Labute approximate surface area is 839 Å². The fourth-order valence-corrected chi connectivity index (χ4v) is 21.6. The number of unbranched alkanes of at least 4 members (excludes halogenated alkanes) is 4. The standard InChI is InChI=1S/C93H109Cl2N9O38P2S/c1-37(2)10-7-5-4-6-8-11-64(113)99-73-79(118)76(115)62(35-106)139-92(73)142-83-59-29-44-30-60(83)136-56-20-16-42(27-51(56)95)82(141-91-72(97-38(3)108)78(117)75(114)61(34-105)138-91)74-89(126)103-71(90(127)145-21-9-12-65(143(128,129)130)144(131,132)133)49-32-46(110)33-58(137-93-81(120)80(119)77(116)63(36-107)140-93)66(49)48-26-41(15-17-53(48)111)68(86(123)104-74)101-88(125)70(44)102-87(124)69-43-24-45(109)31-47(25-43)134-57-28-40(14-18-54(57)112)67(96)85(122)98-52(84(121)100-69)23-39-13-19-55(135-59)50(94)22-39/h13-20,22,24-33,37,52,61-63,65,67-82,91-93,105-107,109-112,114-120H,4-12,21,23,34-36,96H2,1-3H3,(H,97,108)(H,98,122)(H,99,113)(H,100,121)(H,101,125)(H,102,124)(H,103,126)(H,104,123)(H2,128,129,130)(H2,131,132,133)/t52-,61-,62-,63-,67-,68-,69+,70-,71-,72-,73-,74+,75-,76-,77-,78-,79-,80+,81+,82-,91+,92+,93+/m1/s1. The fourth-order valence-electron chi connectivity index (χ4n) is 17.7. The summed E-state index contributed by atoms with van der Waals surface area (Å²) >= 11 is 15.0. The molecule has 0 aliphatic carbocycles. The summed E-state index contributed by atoms with van der Waals surface area (Å²) in [7, 11) is -11.3. The van der Waals surface area contributed by atoms with E-state index in [1.807, 2.05) is 0 Å². The van der Waals surface area contributed by atoms with Crippen LogP contribution in [0.15, 0.2) is 115 Å². The van der Waals surface area contributed by atoms with Crippen LogP contribution in [0.1, 0.15) is 154 Å². The van der Waals surface area contributed by atoms with Crippen LogP contribution in [0, 0.1) is 5.92 Å². The maximum Gasteiger partial charge on any atom is 0.340 e. The molecule has 47 nitrogen and oxygen atoms in total. The average Bonchev–Trinajstić information content (AvgIpc) is 0.753. The SMILES string of the molecule is CC(=O)N[C@H]1[C@H](O[C@@H]2c3ccc(c(Cl)c3)Oc3cc4cc(c3O[C@@H]3O[C@H](CO)[C@@H](O)[C@H](O)[C@H]3NC(=O)CCCCCCCC(C)C)Oc3ccc(cc3Cl)C[C@H]3NC(=O)[C@H](N)c5ccc(O)c(c5)Oc5cc(O)cc(c5)[C@H](NC3=O)C(=O)N[C@H]4C(=O)N[C@H]3C(=O)N[C@@H]2C(=O)N[C@@H](C(=O)SCCCC(P(=O)(O)O)P(=O)(O)O)c2cc(O)cc(O[C@H]4O[C@H](CO)[C@@H](O)[C@H](O)[C@@H]4O)c2-c2cc3ccc2O)O[C@H](CO)[C@@H](O)[C@@H]1O. The summed E-state index contributed by atoms with van der Waals surface area (Å²) in [4.78, 5) is 182. The predicted molar refractivity (Wildman–Crippen MR) is 505 cm³/mol. The van der Waals surface area contributed by atoms with E-state index in [9.17, 15) is 115 Å². The maximum absolute atomic E-state index is 17.2. The lowest BCUT2D eigenvalue weighted by Gasteiger charge is -2.44. The van der Waals surface area contributed by atoms with Crippen molar-refractivity contribution in [2.75, 3.05) is 25.6 Å². The number of thioether (sulfide) groups is 1. The number of carbonyl (C=O) groups excluding carboxylic acids is 9. The Kier molecular flexibility index (Phi) is 35.1. The predicted octanol–water partition coefficient (Wildman–Crippen LogP) is 2.05. The fraction of sp³-hybridized carbons (Fsp3) is 0.452. The number of aliphatic hydroxyl groups is 10. The first kappa shape index (κ1) is 109. The Morgan fingerprint density at radius 2 is 1.05 bits per heavy atom. The number of halogens is 2. The number of ether oxygens (including phenoxy) is 9. The first-order chi connectivity index (χ1) is 68.7. The minimum Gasteiger partial charge on any atom is -0.508 e. The highest BCUT2D eigenvalue weighted by atomic mass is 35.5. The van der Waals surface area contributed by atoms with Crippen LogP contribution in [0.2, 0.25) is 10.0 Å². The molecule has 9 aliphatic heterocycles. The summed E-state index contributed by atoms with van der Waals surface area (Å²) < 4.78 is 83.2. The molecule has 784 valence electrons. The number of benzene rings is 7. The van der Waals surface area contributed by atoms with Gasteiger partial charge in [-0.05, 0) is 143 Å². The van der Waals surface area contributed by atoms with Crippen LogP contribution in [0.3, 0.4) is 0 Å². The molecular weight excluding hydrogens is 2020 g/mol. The van der Waals surface area contributed by atoms with Gasteiger partial charge in [-0.1, -0.05) is 105 Å². The molecule has 52 heteroatoms. The molecule has 7 aromatic carbocycles. The number of carbonyl (C=O) groups is 9. The lowest BCUT2D eigenvalue weighted by molar-refractivity contribution is -0.284. The van der Waals surface area contributed by atoms with Crippen molar-refractivity contribution in [3.8, 4) is 80.1 Å². The van der Waals surface area contributed by atoms with Gasteiger partial charge in [0.25, 0.3) is 0 Å². The third-order valence-corrected chi connectivity index (χ3v) is 30.7. The molecule has 0 saturated carbocycles. The van der Waals surface area contributed by atoms with E-state index in [1.165, 1.54) is 30.3 Å². The minimum atomic E-state index is -5.66. The Balaban J connectivity index is 1.04. The van der Waals surface area contributed by atoms with Crippen molar-refractivity contribution >= 4 is 103 Å². The zero-order valence-corrected chi connectivity index (χ0v) is 81.3. The van der Waals surface area contributed by atoms with Crippen molar-refractivity contribution in [1.82, 2.24) is 42.5 Å². The number of amides is 8. The number of aliphatic hydroxyl groups excluding tert-OH is 10. The zero-order chi connectivity index (χ0) is 105. The van der Waals surface area contributed by atoms with E-state index in [0.717, 1.165) is 118 Å². The van der Waals surface area contributed by atoms with Crippen LogP contribution in [0.5, 0.6) is 69.0 Å². The normalized spacial score (nSPS) is 27.7. The van der Waals surface area contributed by atoms with Gasteiger partial charge in [-0.3, -0.25) is 52.3 Å². The van der Waals surface area contributed by atoms with E-state index in [2.05, 4.69) is 56.4 Å². The van der Waals surface area contributed by atoms with Gasteiger partial charge in [0.05, 0.1) is 29.9 Å². The van der Waals surface area contributed by atoms with Crippen molar-refractivity contribution in [2.24, 2.45) is 11.7 Å². The summed E-state index contributed by atoms with van der Waals surface area (Å²) in [5.74, 6) is -18.6. The topological polar surface area (TPSA) is 757 Å². The summed E-state index contributed by atoms with van der Waals surface area (Å²) in [5.41, 5.74) is 2.50. The van der Waals surface area contributed by atoms with Crippen LogP contribution >= 0.6 is 50.2 Å². The minimum absolute atomic E-state index is 0.00365. The third-order valence-electron chi connectivity index (χ3n) is 25.3. The summed E-state index contributed by atoms with van der Waals surface area (Å²) in [6.07, 6.45) is -27.6. The molecule has 9 heterocycles. The van der Waals surface area contributed by atoms with E-state index in [4.69, 9.17) is 71.6 Å². The van der Waals surface area contributed by atoms with Crippen molar-refractivity contribution in [1.29, 1.82) is 0 Å². The lowest BCUT2D eigenvalue weighted by atomic mass is 9.89. The van der Waals surface area contributed by atoms with Gasteiger partial charge in [0.15, 0.2) is 34.7 Å². The number of aromatic hydroxyl groups is 4. The molecule has 0 aromatic heterocycles. The van der Waals surface area contributed by atoms with Crippen molar-refractivity contribution in [3.05, 3.63) is 164 Å². The molecule has 3 fully saturated rings. The number of fused-ring (bicyclic) bond motifs is 14. The molecule has 23 atom stereocenters. The van der Waals surface area contributed by atoms with Crippen LogP contribution < -0.4 is 72.0 Å². The third kappa shape index (κ3) is 25.3. The maximum atomic E-state index is 17.2. The monoisotopic (exact) mass is 2120 g/mol. The second-order valence-electron chi connectivity index (χ2n) is 36.2. The van der Waals surface area contributed by atoms with Crippen LogP contribution in [-0.2, 0) is 77.6 Å². The Hall–Kier alpha value is -11.2. The van der Waals surface area contributed by atoms with Gasteiger partial charge in [0.2, 0.25) is 70.7 Å². The summed E-state index contributed by atoms with van der Waals surface area (Å²) in [6.45, 7) is 1.83. The number of nitrogens with two attached hydrogens (primary N) is 1.